The number of carbonyl (C=O) groups excluding carboxylic acids is 2. The maximum atomic E-state index is 12.5. The number of nitrogens with one attached hydrogen (secondary N) is 1. The van der Waals surface area contributed by atoms with Gasteiger partial charge in [0, 0.05) is 26.0 Å². The van der Waals surface area contributed by atoms with Gasteiger partial charge in [-0.25, -0.2) is 0 Å². The fraction of sp³-hybridized carbons (Fsp3) is 0.478. The molecule has 0 aliphatic carbocycles. The molecule has 0 bridgehead atoms. The number of thiophene rings is 1. The SMILES string of the molecule is COC(=O)CCNC(=O)c1ccc(C(CC(C)(C)C)Sc2cc(C)c(Br)c(C)c2)s1. The molecule has 1 atom stereocenters. The summed E-state index contributed by atoms with van der Waals surface area (Å²) < 4.78 is 5.76. The Balaban J connectivity index is 2.18. The van der Waals surface area contributed by atoms with E-state index >= 15 is 0 Å². The zero-order chi connectivity index (χ0) is 22.5. The molecule has 0 aliphatic rings. The first kappa shape index (κ1) is 25.0. The maximum absolute atomic E-state index is 12.5. The number of hydrogen-bond donors (Lipinski definition) is 1. The zero-order valence-corrected chi connectivity index (χ0v) is 21.6. The average Bonchev–Trinajstić information content (AvgIpc) is 3.14. The first-order valence-electron chi connectivity index (χ1n) is 9.88. The van der Waals surface area contributed by atoms with Crippen LogP contribution in [0.25, 0.3) is 0 Å². The highest BCUT2D eigenvalue weighted by Gasteiger charge is 2.24. The fourth-order valence-electron chi connectivity index (χ4n) is 3.01. The number of thioether (sulfide) groups is 1. The molecule has 0 aliphatic heterocycles. The summed E-state index contributed by atoms with van der Waals surface area (Å²) in [4.78, 5) is 26.8. The summed E-state index contributed by atoms with van der Waals surface area (Å²) in [5, 5.41) is 3.05. The third kappa shape index (κ3) is 7.43. The Hall–Kier alpha value is -1.31. The second kappa shape index (κ2) is 10.8. The highest BCUT2D eigenvalue weighted by atomic mass is 79.9. The van der Waals surface area contributed by atoms with Crippen LogP contribution >= 0.6 is 39.0 Å². The van der Waals surface area contributed by atoms with Crippen molar-refractivity contribution in [2.24, 2.45) is 5.41 Å². The van der Waals surface area contributed by atoms with Gasteiger partial charge in [-0.1, -0.05) is 36.7 Å². The largest absolute Gasteiger partial charge is 0.469 e. The smallest absolute Gasteiger partial charge is 0.307 e. The van der Waals surface area contributed by atoms with Crippen LogP contribution in [0.2, 0.25) is 0 Å². The van der Waals surface area contributed by atoms with Gasteiger partial charge < -0.3 is 10.1 Å². The number of ether oxygens (including phenoxy) is 1. The normalized spacial score (nSPS) is 12.5. The Morgan fingerprint density at radius 1 is 1.20 bits per heavy atom. The van der Waals surface area contributed by atoms with E-state index in [4.69, 9.17) is 0 Å². The second-order valence-electron chi connectivity index (χ2n) is 8.53. The molecule has 30 heavy (non-hydrogen) atoms. The molecule has 1 N–H and O–H groups in total. The summed E-state index contributed by atoms with van der Waals surface area (Å²) in [6.07, 6.45) is 1.17. The summed E-state index contributed by atoms with van der Waals surface area (Å²) in [6, 6.07) is 8.36. The number of benzene rings is 1. The van der Waals surface area contributed by atoms with E-state index < -0.39 is 0 Å². The Morgan fingerprint density at radius 2 is 1.83 bits per heavy atom. The van der Waals surface area contributed by atoms with Gasteiger partial charge in [-0.3, -0.25) is 9.59 Å². The molecule has 0 fully saturated rings. The molecule has 1 heterocycles. The van der Waals surface area contributed by atoms with Crippen molar-refractivity contribution < 1.29 is 14.3 Å². The molecular weight excluding hydrogens is 482 g/mol. The number of hydrogen-bond acceptors (Lipinski definition) is 5. The topological polar surface area (TPSA) is 55.4 Å². The Bertz CT molecular complexity index is 879. The average molecular weight is 513 g/mol. The molecule has 1 amide bonds. The number of esters is 1. The van der Waals surface area contributed by atoms with E-state index in [0.717, 1.165) is 10.9 Å². The lowest BCUT2D eigenvalue weighted by Gasteiger charge is -2.25. The molecule has 2 rings (SSSR count). The van der Waals surface area contributed by atoms with Crippen molar-refractivity contribution >= 4 is 50.9 Å². The lowest BCUT2D eigenvalue weighted by atomic mass is 9.90. The maximum Gasteiger partial charge on any atom is 0.307 e. The number of methoxy groups -OCH3 is 1. The van der Waals surface area contributed by atoms with Crippen LogP contribution in [0, 0.1) is 19.3 Å². The van der Waals surface area contributed by atoms with Gasteiger partial charge in [-0.15, -0.1) is 23.1 Å². The van der Waals surface area contributed by atoms with E-state index in [9.17, 15) is 9.59 Å². The van der Waals surface area contributed by atoms with Crippen molar-refractivity contribution in [2.45, 2.75) is 57.6 Å². The van der Waals surface area contributed by atoms with E-state index in [0.29, 0.717) is 4.88 Å². The van der Waals surface area contributed by atoms with Gasteiger partial charge in [0.05, 0.1) is 18.4 Å². The van der Waals surface area contributed by atoms with Crippen molar-refractivity contribution in [3.05, 3.63) is 49.6 Å². The molecule has 0 spiro atoms. The van der Waals surface area contributed by atoms with Crippen molar-refractivity contribution in [2.75, 3.05) is 13.7 Å². The van der Waals surface area contributed by atoms with Crippen LogP contribution in [0.5, 0.6) is 0 Å². The molecule has 0 saturated heterocycles. The van der Waals surface area contributed by atoms with Gasteiger partial charge in [0.1, 0.15) is 0 Å². The number of carbonyl (C=O) groups is 2. The summed E-state index contributed by atoms with van der Waals surface area (Å²) >= 11 is 7.03. The van der Waals surface area contributed by atoms with Crippen LogP contribution in [0.4, 0.5) is 0 Å². The third-order valence-electron chi connectivity index (χ3n) is 4.50. The van der Waals surface area contributed by atoms with Crippen LogP contribution in [-0.4, -0.2) is 25.5 Å². The lowest BCUT2D eigenvalue weighted by Crippen LogP contribution is -2.25. The Kier molecular flexibility index (Phi) is 9.00. The first-order valence-corrected chi connectivity index (χ1v) is 12.4. The summed E-state index contributed by atoms with van der Waals surface area (Å²) in [6.45, 7) is 11.2. The number of rotatable bonds is 8. The minimum atomic E-state index is -0.330. The van der Waals surface area contributed by atoms with Crippen LogP contribution in [0.3, 0.4) is 0 Å². The van der Waals surface area contributed by atoms with E-state index in [1.807, 2.05) is 17.8 Å². The second-order valence-corrected chi connectivity index (χ2v) is 11.7. The Morgan fingerprint density at radius 3 is 2.40 bits per heavy atom. The number of halogens is 1. The van der Waals surface area contributed by atoms with Gasteiger partial charge >= 0.3 is 5.97 Å². The Labute approximate surface area is 196 Å². The van der Waals surface area contributed by atoms with Gasteiger partial charge in [-0.2, -0.15) is 0 Å². The van der Waals surface area contributed by atoms with Gasteiger partial charge in [0.25, 0.3) is 5.91 Å². The molecule has 1 unspecified atom stereocenters. The van der Waals surface area contributed by atoms with Crippen LogP contribution < -0.4 is 5.32 Å². The van der Waals surface area contributed by atoms with Gasteiger partial charge in [-0.05, 0) is 61.1 Å². The fourth-order valence-corrected chi connectivity index (χ4v) is 6.03. The summed E-state index contributed by atoms with van der Waals surface area (Å²) in [7, 11) is 1.34. The van der Waals surface area contributed by atoms with Crippen molar-refractivity contribution in [1.29, 1.82) is 0 Å². The highest BCUT2D eigenvalue weighted by molar-refractivity contribution is 9.10. The van der Waals surface area contributed by atoms with Crippen molar-refractivity contribution in [1.82, 2.24) is 5.32 Å². The number of aryl methyl sites for hydroxylation is 2. The lowest BCUT2D eigenvalue weighted by molar-refractivity contribution is -0.140. The zero-order valence-electron chi connectivity index (χ0n) is 18.4. The monoisotopic (exact) mass is 511 g/mol. The first-order chi connectivity index (χ1) is 14.0. The summed E-state index contributed by atoms with van der Waals surface area (Å²) in [5.41, 5.74) is 2.61. The third-order valence-corrected chi connectivity index (χ3v) is 8.31. The quantitative estimate of drug-likeness (QED) is 0.316. The molecule has 7 heteroatoms. The summed E-state index contributed by atoms with van der Waals surface area (Å²) in [5.74, 6) is -0.478. The van der Waals surface area contributed by atoms with Crippen LogP contribution in [0.1, 0.15) is 64.5 Å². The molecule has 0 radical (unpaired) electrons. The van der Waals surface area contributed by atoms with Crippen molar-refractivity contribution in [3.8, 4) is 0 Å². The minimum Gasteiger partial charge on any atom is -0.469 e. The standard InChI is InChI=1S/C23H30BrNO3S2/c1-14-11-16(12-15(2)21(14)24)29-19(13-23(3,4)5)17-7-8-18(30-17)22(27)25-10-9-20(26)28-6/h7-8,11-12,19H,9-10,13H2,1-6H3,(H,25,27). The molecule has 0 saturated carbocycles. The van der Waals surface area contributed by atoms with Gasteiger partial charge in [0.2, 0.25) is 0 Å². The molecular formula is C23H30BrNO3S2. The molecule has 4 nitrogen and oxygen atoms in total. The molecule has 164 valence electrons. The highest BCUT2D eigenvalue weighted by Crippen LogP contribution is 2.46. The van der Waals surface area contributed by atoms with Crippen molar-refractivity contribution in [3.63, 3.8) is 0 Å². The number of amides is 1. The van der Waals surface area contributed by atoms with E-state index in [-0.39, 0.29) is 35.5 Å². The van der Waals surface area contributed by atoms with Crippen LogP contribution in [0.15, 0.2) is 33.6 Å². The minimum absolute atomic E-state index is 0.148. The predicted octanol–water partition coefficient (Wildman–Crippen LogP) is 6.69. The predicted molar refractivity (Wildman–Crippen MR) is 130 cm³/mol. The van der Waals surface area contributed by atoms with E-state index in [1.165, 1.54) is 39.3 Å². The van der Waals surface area contributed by atoms with E-state index in [2.05, 4.69) is 78.8 Å². The van der Waals surface area contributed by atoms with Gasteiger partial charge in [0.15, 0.2) is 0 Å². The molecule has 1 aromatic carbocycles. The van der Waals surface area contributed by atoms with Crippen LogP contribution in [-0.2, 0) is 9.53 Å². The molecule has 2 aromatic rings. The van der Waals surface area contributed by atoms with E-state index in [1.54, 1.807) is 0 Å². The molecule has 1 aromatic heterocycles.